The van der Waals surface area contributed by atoms with Gasteiger partial charge in [-0.1, -0.05) is 35.9 Å². The molecule has 0 bridgehead atoms. The number of nitrogens with zero attached hydrogens (tertiary/aromatic N) is 1. The number of hydrogen-bond acceptors (Lipinski definition) is 6. The number of hydrogen-bond donors (Lipinski definition) is 1. The van der Waals surface area contributed by atoms with Crippen molar-refractivity contribution in [1.82, 2.24) is 5.43 Å². The van der Waals surface area contributed by atoms with E-state index in [4.69, 9.17) is 25.8 Å². The average Bonchev–Trinajstić information content (AvgIpc) is 2.80. The van der Waals surface area contributed by atoms with Gasteiger partial charge in [0.25, 0.3) is 5.91 Å². The summed E-state index contributed by atoms with van der Waals surface area (Å²) in [6.07, 6.45) is 1.45. The van der Waals surface area contributed by atoms with Gasteiger partial charge in [0.15, 0.2) is 18.1 Å². The molecule has 170 valence electrons. The summed E-state index contributed by atoms with van der Waals surface area (Å²) in [5.74, 6) is 0.217. The van der Waals surface area contributed by atoms with Crippen molar-refractivity contribution < 1.29 is 23.8 Å². The molecule has 3 aromatic carbocycles. The third-order valence-corrected chi connectivity index (χ3v) is 4.66. The van der Waals surface area contributed by atoms with Crippen LogP contribution in [0.2, 0.25) is 5.02 Å². The number of carbonyl (C=O) groups excluding carboxylic acids is 2. The number of benzene rings is 3. The Morgan fingerprint density at radius 3 is 2.58 bits per heavy atom. The molecule has 0 fully saturated rings. The number of aryl methyl sites for hydroxylation is 1. The summed E-state index contributed by atoms with van der Waals surface area (Å²) in [5, 5.41) is 4.23. The molecule has 7 nitrogen and oxygen atoms in total. The van der Waals surface area contributed by atoms with E-state index in [0.29, 0.717) is 28.7 Å². The Balaban J connectivity index is 1.61. The molecule has 0 spiro atoms. The van der Waals surface area contributed by atoms with Gasteiger partial charge in [-0.15, -0.1) is 0 Å². The van der Waals surface area contributed by atoms with Crippen molar-refractivity contribution in [2.24, 2.45) is 5.10 Å². The third-order valence-electron chi connectivity index (χ3n) is 4.33. The molecule has 1 N–H and O–H groups in total. The molecule has 3 rings (SSSR count). The molecule has 0 aliphatic heterocycles. The molecule has 33 heavy (non-hydrogen) atoms. The molecule has 3 aromatic rings. The van der Waals surface area contributed by atoms with Crippen molar-refractivity contribution in [1.29, 1.82) is 0 Å². The summed E-state index contributed by atoms with van der Waals surface area (Å²) in [5.41, 5.74) is 4.33. The molecule has 0 unspecified atom stereocenters. The van der Waals surface area contributed by atoms with Crippen LogP contribution in [-0.2, 0) is 4.79 Å². The molecule has 0 aliphatic carbocycles. The number of hydrazone groups is 1. The maximum absolute atomic E-state index is 12.5. The monoisotopic (exact) mass is 466 g/mol. The van der Waals surface area contributed by atoms with E-state index in [1.165, 1.54) is 6.21 Å². The Morgan fingerprint density at radius 2 is 1.82 bits per heavy atom. The smallest absolute Gasteiger partial charge is 0.345 e. The van der Waals surface area contributed by atoms with E-state index in [2.05, 4.69) is 10.5 Å². The first-order chi connectivity index (χ1) is 16.0. The lowest BCUT2D eigenvalue weighted by atomic mass is 10.2. The van der Waals surface area contributed by atoms with Crippen LogP contribution in [0.4, 0.5) is 0 Å². The quantitative estimate of drug-likeness (QED) is 0.212. The van der Waals surface area contributed by atoms with Crippen molar-refractivity contribution in [3.05, 3.63) is 88.4 Å². The van der Waals surface area contributed by atoms with E-state index in [1.807, 2.05) is 32.0 Å². The molecule has 8 heteroatoms. The largest absolute Gasteiger partial charge is 0.490 e. The van der Waals surface area contributed by atoms with Crippen molar-refractivity contribution in [3.63, 3.8) is 0 Å². The number of esters is 1. The Kier molecular flexibility index (Phi) is 8.43. The van der Waals surface area contributed by atoms with Crippen LogP contribution in [0.5, 0.6) is 17.2 Å². The second kappa shape index (κ2) is 11.7. The molecule has 0 aliphatic rings. The average molecular weight is 467 g/mol. The normalized spacial score (nSPS) is 10.6. The maximum Gasteiger partial charge on any atom is 0.345 e. The first kappa shape index (κ1) is 23.8. The summed E-state index contributed by atoms with van der Waals surface area (Å²) < 4.78 is 16.5. The van der Waals surface area contributed by atoms with Crippen LogP contribution < -0.4 is 19.6 Å². The third kappa shape index (κ3) is 7.08. The molecule has 0 saturated carbocycles. The summed E-state index contributed by atoms with van der Waals surface area (Å²) in [4.78, 5) is 24.4. The molecular formula is C25H23ClN2O5. The summed E-state index contributed by atoms with van der Waals surface area (Å²) in [6, 6.07) is 18.9. The lowest BCUT2D eigenvalue weighted by molar-refractivity contribution is -0.123. The highest BCUT2D eigenvalue weighted by Gasteiger charge is 2.15. The fourth-order valence-electron chi connectivity index (χ4n) is 2.80. The topological polar surface area (TPSA) is 86.2 Å². The fourth-order valence-corrected chi connectivity index (χ4v) is 3.02. The first-order valence-electron chi connectivity index (χ1n) is 10.2. The fraction of sp³-hybridized carbons (Fsp3) is 0.160. The Labute approximate surface area is 196 Å². The van der Waals surface area contributed by atoms with Crippen LogP contribution in [0, 0.1) is 6.92 Å². The number of carbonyl (C=O) groups is 2. The number of nitrogens with one attached hydrogen (secondary N) is 1. The van der Waals surface area contributed by atoms with Gasteiger partial charge in [0, 0.05) is 0 Å². The van der Waals surface area contributed by atoms with Crippen molar-refractivity contribution in [2.45, 2.75) is 13.8 Å². The number of amides is 1. The summed E-state index contributed by atoms with van der Waals surface area (Å²) in [7, 11) is 0. The predicted octanol–water partition coefficient (Wildman–Crippen LogP) is 4.80. The summed E-state index contributed by atoms with van der Waals surface area (Å²) >= 11 is 6.07. The number of halogens is 1. The first-order valence-corrected chi connectivity index (χ1v) is 10.6. The standard InChI is InChI=1S/C25H23ClN2O5/c1-3-31-23-14-18(11-12-22(23)33-25(30)20-9-4-5-10-21(20)26)15-27-28-24(29)16-32-19-8-6-7-17(2)13-19/h4-15H,3,16H2,1-2H3,(H,28,29)/b27-15+. The van der Waals surface area contributed by atoms with E-state index in [-0.39, 0.29) is 17.9 Å². The zero-order valence-electron chi connectivity index (χ0n) is 18.2. The molecule has 0 saturated heterocycles. The number of ether oxygens (including phenoxy) is 3. The molecule has 0 heterocycles. The lowest BCUT2D eigenvalue weighted by Gasteiger charge is -2.12. The maximum atomic E-state index is 12.5. The highest BCUT2D eigenvalue weighted by atomic mass is 35.5. The second-order valence-corrected chi connectivity index (χ2v) is 7.31. The Hall–Kier alpha value is -3.84. The van der Waals surface area contributed by atoms with Gasteiger partial charge in [0.05, 0.1) is 23.4 Å². The van der Waals surface area contributed by atoms with Gasteiger partial charge >= 0.3 is 5.97 Å². The minimum absolute atomic E-state index is 0.165. The van der Waals surface area contributed by atoms with E-state index in [1.54, 1.807) is 48.5 Å². The number of rotatable bonds is 9. The van der Waals surface area contributed by atoms with Gasteiger partial charge in [-0.2, -0.15) is 5.10 Å². The Morgan fingerprint density at radius 1 is 1.00 bits per heavy atom. The zero-order valence-corrected chi connectivity index (χ0v) is 19.0. The van der Waals surface area contributed by atoms with Gasteiger partial charge in [0.1, 0.15) is 5.75 Å². The van der Waals surface area contributed by atoms with E-state index < -0.39 is 11.9 Å². The van der Waals surface area contributed by atoms with Crippen molar-refractivity contribution >= 4 is 29.7 Å². The van der Waals surface area contributed by atoms with Gasteiger partial charge in [-0.25, -0.2) is 10.2 Å². The van der Waals surface area contributed by atoms with E-state index in [9.17, 15) is 9.59 Å². The van der Waals surface area contributed by atoms with Crippen LogP contribution in [-0.4, -0.2) is 31.3 Å². The van der Waals surface area contributed by atoms with Crippen LogP contribution in [0.3, 0.4) is 0 Å². The molecule has 0 atom stereocenters. The zero-order chi connectivity index (χ0) is 23.6. The Bertz CT molecular complexity index is 1160. The highest BCUT2D eigenvalue weighted by Crippen LogP contribution is 2.29. The molecular weight excluding hydrogens is 444 g/mol. The van der Waals surface area contributed by atoms with Crippen LogP contribution in [0.25, 0.3) is 0 Å². The minimum atomic E-state index is -0.594. The van der Waals surface area contributed by atoms with Gasteiger partial charge in [-0.3, -0.25) is 4.79 Å². The SMILES string of the molecule is CCOc1cc(/C=N/NC(=O)COc2cccc(C)c2)ccc1OC(=O)c1ccccc1Cl. The van der Waals surface area contributed by atoms with Gasteiger partial charge in [-0.05, 0) is 67.4 Å². The van der Waals surface area contributed by atoms with Crippen LogP contribution in [0.15, 0.2) is 71.8 Å². The molecule has 0 aromatic heterocycles. The van der Waals surface area contributed by atoms with Gasteiger partial charge < -0.3 is 14.2 Å². The minimum Gasteiger partial charge on any atom is -0.490 e. The second-order valence-electron chi connectivity index (χ2n) is 6.91. The lowest BCUT2D eigenvalue weighted by Crippen LogP contribution is -2.24. The molecule has 0 radical (unpaired) electrons. The highest BCUT2D eigenvalue weighted by molar-refractivity contribution is 6.33. The van der Waals surface area contributed by atoms with Crippen molar-refractivity contribution in [2.75, 3.05) is 13.2 Å². The van der Waals surface area contributed by atoms with Crippen LogP contribution >= 0.6 is 11.6 Å². The predicted molar refractivity (Wildman–Crippen MR) is 126 cm³/mol. The summed E-state index contributed by atoms with van der Waals surface area (Å²) in [6.45, 7) is 3.96. The van der Waals surface area contributed by atoms with Crippen LogP contribution in [0.1, 0.15) is 28.4 Å². The molecule has 1 amide bonds. The van der Waals surface area contributed by atoms with Gasteiger partial charge in [0.2, 0.25) is 0 Å². The van der Waals surface area contributed by atoms with E-state index >= 15 is 0 Å². The van der Waals surface area contributed by atoms with E-state index in [0.717, 1.165) is 5.56 Å². The van der Waals surface area contributed by atoms with Crippen molar-refractivity contribution in [3.8, 4) is 17.2 Å².